The van der Waals surface area contributed by atoms with Gasteiger partial charge in [-0.3, -0.25) is 0 Å². The fourth-order valence-electron chi connectivity index (χ4n) is 5.01. The quantitative estimate of drug-likeness (QED) is 0.754. The highest BCUT2D eigenvalue weighted by Gasteiger charge is 2.54. The molecule has 0 saturated heterocycles. The minimum atomic E-state index is -1.14. The molecule has 0 radical (unpaired) electrons. The second-order valence-electron chi connectivity index (χ2n) is 6.40. The van der Waals surface area contributed by atoms with E-state index in [-0.39, 0.29) is 11.0 Å². The van der Waals surface area contributed by atoms with Crippen molar-refractivity contribution in [3.05, 3.63) is 11.6 Å². The van der Waals surface area contributed by atoms with E-state index in [4.69, 9.17) is 5.11 Å². The van der Waals surface area contributed by atoms with Gasteiger partial charge in [-0.25, -0.2) is 9.59 Å². The van der Waals surface area contributed by atoms with Crippen LogP contribution in [0.2, 0.25) is 0 Å². The zero-order valence-corrected chi connectivity index (χ0v) is 10.3. The summed E-state index contributed by atoms with van der Waals surface area (Å²) in [5.74, 6) is -0.323. The molecule has 0 aromatic carbocycles. The molecule has 0 amide bonds. The minimum Gasteiger partial charge on any atom is -0.478 e. The fraction of sp³-hybridized carbons (Fsp3) is 0.714. The molecule has 4 rings (SSSR count). The molecule has 0 aromatic heterocycles. The first-order valence-electron chi connectivity index (χ1n) is 6.67. The third-order valence-corrected chi connectivity index (χ3v) is 5.11. The molecule has 4 nitrogen and oxygen atoms in total. The van der Waals surface area contributed by atoms with Gasteiger partial charge in [0.2, 0.25) is 0 Å². The van der Waals surface area contributed by atoms with Gasteiger partial charge in [0, 0.05) is 11.5 Å². The largest absolute Gasteiger partial charge is 0.478 e. The number of hydrogen-bond acceptors (Lipinski definition) is 2. The van der Waals surface area contributed by atoms with Crippen molar-refractivity contribution in [1.82, 2.24) is 0 Å². The zero-order valence-electron chi connectivity index (χ0n) is 10.3. The van der Waals surface area contributed by atoms with Crippen LogP contribution in [-0.2, 0) is 9.59 Å². The molecule has 0 unspecified atom stereocenters. The Morgan fingerprint density at radius 2 is 1.39 bits per heavy atom. The number of carboxylic acids is 2. The summed E-state index contributed by atoms with van der Waals surface area (Å²) >= 11 is 0. The van der Waals surface area contributed by atoms with Gasteiger partial charge in [-0.15, -0.1) is 0 Å². The average Bonchev–Trinajstić information content (AvgIpc) is 2.23. The van der Waals surface area contributed by atoms with Crippen molar-refractivity contribution in [2.24, 2.45) is 23.2 Å². The Morgan fingerprint density at radius 1 is 0.944 bits per heavy atom. The van der Waals surface area contributed by atoms with Gasteiger partial charge in [0.05, 0.1) is 5.57 Å². The lowest BCUT2D eigenvalue weighted by Gasteiger charge is -2.57. The first kappa shape index (κ1) is 11.8. The molecule has 4 saturated carbocycles. The molecule has 98 valence electrons. The van der Waals surface area contributed by atoms with Gasteiger partial charge < -0.3 is 10.2 Å². The van der Waals surface area contributed by atoms with E-state index in [9.17, 15) is 14.7 Å². The van der Waals surface area contributed by atoms with Crippen LogP contribution in [0.1, 0.15) is 38.5 Å². The van der Waals surface area contributed by atoms with E-state index in [1.165, 1.54) is 19.3 Å². The molecule has 4 aliphatic carbocycles. The summed E-state index contributed by atoms with van der Waals surface area (Å²) in [5.41, 5.74) is -0.201. The van der Waals surface area contributed by atoms with Gasteiger partial charge in [0.1, 0.15) is 0 Å². The van der Waals surface area contributed by atoms with Gasteiger partial charge >= 0.3 is 11.9 Å². The molecule has 0 aliphatic heterocycles. The van der Waals surface area contributed by atoms with Crippen molar-refractivity contribution in [1.29, 1.82) is 0 Å². The number of rotatable bonds is 3. The topological polar surface area (TPSA) is 74.6 Å². The first-order chi connectivity index (χ1) is 8.48. The van der Waals surface area contributed by atoms with Crippen LogP contribution in [-0.4, -0.2) is 22.2 Å². The molecule has 4 fully saturated rings. The summed E-state index contributed by atoms with van der Waals surface area (Å²) in [6, 6.07) is 0. The van der Waals surface area contributed by atoms with Crippen molar-refractivity contribution in [3.63, 3.8) is 0 Å². The van der Waals surface area contributed by atoms with Crippen molar-refractivity contribution in [2.75, 3.05) is 0 Å². The monoisotopic (exact) mass is 250 g/mol. The van der Waals surface area contributed by atoms with Crippen molar-refractivity contribution >= 4 is 11.9 Å². The second kappa shape index (κ2) is 3.84. The number of carboxylic acid groups (broad SMARTS) is 2. The predicted octanol–water partition coefficient (Wildman–Crippen LogP) is 2.30. The van der Waals surface area contributed by atoms with Crippen LogP contribution in [0.4, 0.5) is 0 Å². The Labute approximate surface area is 106 Å². The molecule has 4 heteroatoms. The molecule has 4 bridgehead atoms. The van der Waals surface area contributed by atoms with Crippen LogP contribution >= 0.6 is 0 Å². The Hall–Kier alpha value is -1.32. The Bertz CT molecular complexity index is 400. The van der Waals surface area contributed by atoms with Crippen molar-refractivity contribution in [2.45, 2.75) is 38.5 Å². The lowest BCUT2D eigenvalue weighted by Crippen LogP contribution is -2.48. The van der Waals surface area contributed by atoms with E-state index in [0.29, 0.717) is 17.8 Å². The average molecular weight is 250 g/mol. The molecule has 0 aromatic rings. The van der Waals surface area contributed by atoms with Crippen molar-refractivity contribution in [3.8, 4) is 0 Å². The van der Waals surface area contributed by atoms with Crippen LogP contribution in [0.3, 0.4) is 0 Å². The minimum absolute atomic E-state index is 0.147. The van der Waals surface area contributed by atoms with Crippen LogP contribution in [0.15, 0.2) is 11.6 Å². The maximum Gasteiger partial charge on any atom is 0.332 e. The summed E-state index contributed by atoms with van der Waals surface area (Å²) in [6.07, 6.45) is 7.24. The molecular weight excluding hydrogens is 232 g/mol. The molecule has 0 spiro atoms. The standard InChI is InChI=1S/C14H18O4/c15-12(16)4-11(13(17)18)14-5-8-1-9(6-14)3-10(2-8)7-14/h4,8-10H,1-3,5-7H2,(H,15,16)(H,17,18)/b11-4+. The molecule has 0 heterocycles. The lowest BCUT2D eigenvalue weighted by molar-refractivity contribution is -0.138. The maximum absolute atomic E-state index is 11.4. The van der Waals surface area contributed by atoms with Gasteiger partial charge in [-0.1, -0.05) is 0 Å². The molecule has 2 N–H and O–H groups in total. The van der Waals surface area contributed by atoms with E-state index in [0.717, 1.165) is 25.3 Å². The van der Waals surface area contributed by atoms with E-state index >= 15 is 0 Å². The maximum atomic E-state index is 11.4. The summed E-state index contributed by atoms with van der Waals surface area (Å²) in [4.78, 5) is 22.3. The highest BCUT2D eigenvalue weighted by Crippen LogP contribution is 2.62. The zero-order chi connectivity index (χ0) is 12.9. The number of carbonyl (C=O) groups is 2. The third kappa shape index (κ3) is 1.74. The van der Waals surface area contributed by atoms with E-state index in [2.05, 4.69) is 0 Å². The normalized spacial score (nSPS) is 42.0. The highest BCUT2D eigenvalue weighted by atomic mass is 16.4. The van der Waals surface area contributed by atoms with Gasteiger partial charge in [0.25, 0.3) is 0 Å². The fourth-order valence-corrected chi connectivity index (χ4v) is 5.01. The summed E-state index contributed by atoms with van der Waals surface area (Å²) < 4.78 is 0. The van der Waals surface area contributed by atoms with Crippen LogP contribution < -0.4 is 0 Å². The van der Waals surface area contributed by atoms with E-state index in [1.807, 2.05) is 0 Å². The second-order valence-corrected chi connectivity index (χ2v) is 6.40. The third-order valence-electron chi connectivity index (χ3n) is 5.11. The molecular formula is C14H18O4. The van der Waals surface area contributed by atoms with E-state index in [1.54, 1.807) is 0 Å². The van der Waals surface area contributed by atoms with Gasteiger partial charge in [0.15, 0.2) is 0 Å². The van der Waals surface area contributed by atoms with Crippen LogP contribution in [0.25, 0.3) is 0 Å². The predicted molar refractivity (Wildman–Crippen MR) is 64.0 cm³/mol. The first-order valence-corrected chi connectivity index (χ1v) is 6.67. The molecule has 18 heavy (non-hydrogen) atoms. The Kier molecular flexibility index (Phi) is 2.50. The van der Waals surface area contributed by atoms with Crippen LogP contribution in [0, 0.1) is 23.2 Å². The smallest absolute Gasteiger partial charge is 0.332 e. The summed E-state index contributed by atoms with van der Waals surface area (Å²) in [7, 11) is 0. The molecule has 0 atom stereocenters. The molecule has 4 aliphatic rings. The van der Waals surface area contributed by atoms with Crippen molar-refractivity contribution < 1.29 is 19.8 Å². The SMILES string of the molecule is O=C(O)/C=C(\C(=O)O)C12CC3CC(CC(C3)C1)C2. The van der Waals surface area contributed by atoms with E-state index < -0.39 is 11.9 Å². The van der Waals surface area contributed by atoms with Gasteiger partial charge in [-0.2, -0.15) is 0 Å². The summed E-state index contributed by atoms with van der Waals surface area (Å²) in [5, 5.41) is 18.2. The number of hydrogen-bond donors (Lipinski definition) is 2. The number of aliphatic carboxylic acids is 2. The van der Waals surface area contributed by atoms with Crippen LogP contribution in [0.5, 0.6) is 0 Å². The Balaban J connectivity index is 1.98. The highest BCUT2D eigenvalue weighted by molar-refractivity contribution is 5.95. The van der Waals surface area contributed by atoms with Gasteiger partial charge in [-0.05, 0) is 56.3 Å². The Morgan fingerprint density at radius 3 is 1.72 bits per heavy atom. The lowest BCUT2D eigenvalue weighted by atomic mass is 9.47. The summed E-state index contributed by atoms with van der Waals surface area (Å²) in [6.45, 7) is 0.